The highest BCUT2D eigenvalue weighted by Gasteiger charge is 2.70. The van der Waals surface area contributed by atoms with Crippen LogP contribution in [0, 0.1) is 23.7 Å². The number of carbonyl (C=O) groups is 1. The Morgan fingerprint density at radius 2 is 1.18 bits per heavy atom. The van der Waals surface area contributed by atoms with Crippen molar-refractivity contribution in [3.63, 3.8) is 0 Å². The Labute approximate surface area is 463 Å². The molecular weight excluding hydrogens is 1020 g/mol. The fourth-order valence-electron chi connectivity index (χ4n) is 18.2. The summed E-state index contributed by atoms with van der Waals surface area (Å²) in [6, 6.07) is 0. The molecule has 6 unspecified atom stereocenters. The summed E-state index contributed by atoms with van der Waals surface area (Å²) in [5, 5.41) is 30.3. The van der Waals surface area contributed by atoms with Crippen LogP contribution < -0.4 is 0 Å². The van der Waals surface area contributed by atoms with Crippen molar-refractivity contribution < 1.29 is 91.2 Å². The van der Waals surface area contributed by atoms with Crippen LogP contribution in [0.2, 0.25) is 0 Å². The molecule has 440 valence electrons. The molecule has 16 heterocycles. The van der Waals surface area contributed by atoms with E-state index in [4.69, 9.17) is 71.1 Å². The van der Waals surface area contributed by atoms with E-state index in [2.05, 4.69) is 40.9 Å². The van der Waals surface area contributed by atoms with Crippen molar-refractivity contribution in [2.24, 2.45) is 23.7 Å². The van der Waals surface area contributed by atoms with Crippen LogP contribution in [0.1, 0.15) is 143 Å². The third kappa shape index (κ3) is 9.43. The summed E-state index contributed by atoms with van der Waals surface area (Å²) in [6.45, 7) is 17.4. The second kappa shape index (κ2) is 20.2. The quantitative estimate of drug-likeness (QED) is 0.251. The molecule has 79 heavy (non-hydrogen) atoms. The van der Waals surface area contributed by atoms with Gasteiger partial charge in [0.2, 0.25) is 0 Å². The average molecular weight is 1110 g/mol. The number of fused-ring (bicyclic) bond motifs is 10. The number of aliphatic hydroxyl groups excluding tert-OH is 3. The molecular formula is C60H86O19. The predicted molar refractivity (Wildman–Crippen MR) is 274 cm³/mol. The van der Waals surface area contributed by atoms with Crippen molar-refractivity contribution in [1.29, 1.82) is 0 Å². The summed E-state index contributed by atoms with van der Waals surface area (Å²) < 4.78 is 104. The van der Waals surface area contributed by atoms with E-state index in [9.17, 15) is 20.1 Å². The molecule has 0 saturated carbocycles. The lowest BCUT2D eigenvalue weighted by atomic mass is 9.79. The van der Waals surface area contributed by atoms with Crippen molar-refractivity contribution in [1.82, 2.24) is 0 Å². The highest BCUT2D eigenvalue weighted by molar-refractivity contribution is 5.70. The molecule has 0 amide bonds. The minimum Gasteiger partial charge on any atom is -0.459 e. The van der Waals surface area contributed by atoms with Gasteiger partial charge in [-0.2, -0.15) is 0 Å². The Hall–Kier alpha value is -1.73. The van der Waals surface area contributed by atoms with E-state index in [0.29, 0.717) is 64.2 Å². The van der Waals surface area contributed by atoms with E-state index in [1.54, 1.807) is 0 Å². The molecule has 16 fully saturated rings. The van der Waals surface area contributed by atoms with Gasteiger partial charge in [0.15, 0.2) is 17.4 Å². The Kier molecular flexibility index (Phi) is 13.8. The normalized spacial score (nSPS) is 57.2. The van der Waals surface area contributed by atoms with E-state index in [1.165, 1.54) is 0 Å². The van der Waals surface area contributed by atoms with Crippen LogP contribution in [-0.2, 0) is 75.8 Å². The lowest BCUT2D eigenvalue weighted by Gasteiger charge is -2.50. The molecule has 32 atom stereocenters. The summed E-state index contributed by atoms with van der Waals surface area (Å²) in [4.78, 5) is 14.6. The Morgan fingerprint density at radius 1 is 0.506 bits per heavy atom. The van der Waals surface area contributed by atoms with Gasteiger partial charge in [0.1, 0.15) is 36.6 Å². The lowest BCUT2D eigenvalue weighted by Crippen LogP contribution is -2.62. The third-order valence-corrected chi connectivity index (χ3v) is 21.9. The van der Waals surface area contributed by atoms with Crippen molar-refractivity contribution in [2.75, 3.05) is 6.61 Å². The molecule has 16 aliphatic rings. The fourth-order valence-corrected chi connectivity index (χ4v) is 18.2. The number of aliphatic hydroxyl groups is 3. The maximum Gasteiger partial charge on any atom is 0.308 e. The molecule has 16 rings (SSSR count). The number of hydrogen-bond donors (Lipinski definition) is 3. The van der Waals surface area contributed by atoms with Crippen molar-refractivity contribution in [2.45, 2.75) is 313 Å². The predicted octanol–water partition coefficient (Wildman–Crippen LogP) is 4.93. The Morgan fingerprint density at radius 3 is 2.03 bits per heavy atom. The largest absolute Gasteiger partial charge is 0.459 e. The fraction of sp³-hybridized carbons (Fsp3) is 0.917. The molecule has 19 heteroatoms. The van der Waals surface area contributed by atoms with Crippen molar-refractivity contribution in [3.05, 3.63) is 24.3 Å². The summed E-state index contributed by atoms with van der Waals surface area (Å²) in [7, 11) is 0. The maximum atomic E-state index is 14.6. The van der Waals surface area contributed by atoms with Gasteiger partial charge in [0.05, 0.1) is 129 Å². The molecule has 19 nitrogen and oxygen atoms in total. The smallest absolute Gasteiger partial charge is 0.308 e. The molecule has 0 aromatic carbocycles. The second-order valence-electron chi connectivity index (χ2n) is 27.5. The monoisotopic (exact) mass is 1110 g/mol. The van der Waals surface area contributed by atoms with Crippen LogP contribution in [0.4, 0.5) is 0 Å². The summed E-state index contributed by atoms with van der Waals surface area (Å²) in [6.07, 6.45) is 2.17. The average Bonchev–Trinajstić information content (AvgIpc) is 4.46. The van der Waals surface area contributed by atoms with E-state index in [1.807, 2.05) is 0 Å². The number of rotatable bonds is 4. The van der Waals surface area contributed by atoms with Gasteiger partial charge in [0, 0.05) is 70.1 Å². The summed E-state index contributed by atoms with van der Waals surface area (Å²) in [5.74, 6) is -2.77. The first-order valence-electron chi connectivity index (χ1n) is 30.8. The zero-order valence-electron chi connectivity index (χ0n) is 46.5. The zero-order valence-corrected chi connectivity index (χ0v) is 46.5. The van der Waals surface area contributed by atoms with Gasteiger partial charge in [-0.15, -0.1) is 0 Å². The van der Waals surface area contributed by atoms with Gasteiger partial charge >= 0.3 is 5.97 Å². The molecule has 16 saturated heterocycles. The second-order valence-corrected chi connectivity index (χ2v) is 27.5. The van der Waals surface area contributed by atoms with Crippen LogP contribution in [0.3, 0.4) is 0 Å². The molecule has 12 bridgehead atoms. The topological polar surface area (TPSA) is 216 Å². The van der Waals surface area contributed by atoms with Gasteiger partial charge in [-0.25, -0.2) is 0 Å². The molecule has 0 aromatic rings. The van der Waals surface area contributed by atoms with Crippen LogP contribution >= 0.6 is 0 Å². The van der Waals surface area contributed by atoms with E-state index < -0.39 is 72.8 Å². The highest BCUT2D eigenvalue weighted by Crippen LogP contribution is 2.58. The lowest BCUT2D eigenvalue weighted by molar-refractivity contribution is -0.347. The summed E-state index contributed by atoms with van der Waals surface area (Å²) in [5.41, 5.74) is 2.15. The first kappa shape index (κ1) is 54.0. The number of carbonyl (C=O) groups excluding carboxylic acids is 1. The van der Waals surface area contributed by atoms with Crippen molar-refractivity contribution in [3.8, 4) is 0 Å². The van der Waals surface area contributed by atoms with Crippen LogP contribution in [-0.4, -0.2) is 198 Å². The SMILES string of the molecule is C=C1C[C@@H]2CC[C@@]34C[C@H]5O[C@@H]6C(O[C@H]7CC[C@H](CC(=O)O[C@H]8C(C[C@H]9O[C@@H](CCC1O2)C[C@@H](C)C9=C)O[C@H]1C[C@H]2O[C@@]9(C[C@@H]%10O[C@]%11(C[C@H](C)[C@@H]%12OC(C(O)CC(O)CO)C[C@@H]%12O%11)C[C@H](C)[C@@H]%10O9)C[C@H]2O[C@H]1[C@@H]8C)O[C@@H]7[C@@H]6O3)[C@H]5O4. The number of hydrogen-bond acceptors (Lipinski definition) is 19. The standard InChI is InChI=1S/C60H86O19/c1-26-13-33-7-9-37-27(2)14-35(65-37)11-12-58-23-46-54(78-58)55-56(72-46)57(79-58)53-38(69-55)10-8-34(67-53)16-48(64)73-52-31(6)51-43(68-42(52)17-39(66-33)30(26)5)19-41-45(71-51)22-60(74-41)24-47-50(77-60)29(4)21-59(76-47)20-28(3)49-44(75-59)18-40(70-49)36(63)15-32(62)25-61/h26,28-29,31-47,49-57,61-63H,2,5,7-25H2,1,3-4,6H3/t26-,28+,29+,31+,32?,33+,34-,35+,36?,37?,38+,39-,40?,41-,42?,43+,44+,45-,46-,47+,49+,50+,51+,52-,53+,54+,55?,56-,57+,58+,59-,60+/m1/s1. The molecule has 0 aliphatic carbocycles. The Bertz CT molecular complexity index is 2340. The van der Waals surface area contributed by atoms with Gasteiger partial charge in [-0.3, -0.25) is 4.79 Å². The van der Waals surface area contributed by atoms with Gasteiger partial charge in [-0.1, -0.05) is 40.9 Å². The van der Waals surface area contributed by atoms with Gasteiger partial charge in [-0.05, 0) is 73.8 Å². The van der Waals surface area contributed by atoms with Gasteiger partial charge in [0.25, 0.3) is 0 Å². The minimum atomic E-state index is -1.02. The van der Waals surface area contributed by atoms with Crippen LogP contribution in [0.5, 0.6) is 0 Å². The first-order valence-corrected chi connectivity index (χ1v) is 30.8. The third-order valence-electron chi connectivity index (χ3n) is 21.9. The molecule has 0 radical (unpaired) electrons. The first-order chi connectivity index (χ1) is 38.0. The van der Waals surface area contributed by atoms with Gasteiger partial charge < -0.3 is 86.4 Å². The van der Waals surface area contributed by atoms with Crippen molar-refractivity contribution >= 4 is 5.97 Å². The number of esters is 1. The van der Waals surface area contributed by atoms with E-state index in [-0.39, 0.29) is 146 Å². The minimum absolute atomic E-state index is 0.0143. The summed E-state index contributed by atoms with van der Waals surface area (Å²) >= 11 is 0. The highest BCUT2D eigenvalue weighted by atomic mass is 16.8. The van der Waals surface area contributed by atoms with E-state index >= 15 is 0 Å². The van der Waals surface area contributed by atoms with Crippen LogP contribution in [0.25, 0.3) is 0 Å². The molecule has 3 N–H and O–H groups in total. The molecule has 0 aromatic heterocycles. The Balaban J connectivity index is 0.655. The van der Waals surface area contributed by atoms with E-state index in [0.717, 1.165) is 49.7 Å². The maximum absolute atomic E-state index is 14.6. The number of ether oxygens (including phenoxy) is 15. The molecule has 3 spiro atoms. The zero-order chi connectivity index (χ0) is 54.0. The molecule has 16 aliphatic heterocycles. The van der Waals surface area contributed by atoms with Crippen LogP contribution in [0.15, 0.2) is 24.3 Å².